The molecule has 35 heavy (non-hydrogen) atoms. The summed E-state index contributed by atoms with van der Waals surface area (Å²) in [5.74, 6) is -0.478. The molecule has 1 aliphatic rings. The highest BCUT2D eigenvalue weighted by Crippen LogP contribution is 2.35. The second-order valence-electron chi connectivity index (χ2n) is 8.14. The molecule has 3 N–H and O–H groups in total. The highest BCUT2D eigenvalue weighted by Gasteiger charge is 2.34. The van der Waals surface area contributed by atoms with E-state index < -0.39 is 29.8 Å². The summed E-state index contributed by atoms with van der Waals surface area (Å²) < 4.78 is 44.9. The van der Waals surface area contributed by atoms with E-state index in [2.05, 4.69) is 16.0 Å². The number of nitrogens with one attached hydrogen (secondary N) is 3. The van der Waals surface area contributed by atoms with E-state index in [1.165, 1.54) is 18.2 Å². The number of hydrogen-bond donors (Lipinski definition) is 3. The molecule has 0 saturated heterocycles. The number of carbonyl (C=O) groups excluding carboxylic acids is 2. The first-order valence-corrected chi connectivity index (χ1v) is 11.1. The van der Waals surface area contributed by atoms with E-state index in [-0.39, 0.29) is 11.8 Å². The van der Waals surface area contributed by atoms with E-state index in [1.807, 2.05) is 0 Å². The summed E-state index contributed by atoms with van der Waals surface area (Å²) in [6, 6.07) is 9.82. The van der Waals surface area contributed by atoms with Crippen molar-refractivity contribution in [2.75, 3.05) is 17.7 Å². The zero-order chi connectivity index (χ0) is 25.9. The van der Waals surface area contributed by atoms with Crippen LogP contribution in [0.2, 0.25) is 0 Å². The highest BCUT2D eigenvalue weighted by atomic mass is 32.1. The van der Waals surface area contributed by atoms with Gasteiger partial charge in [0.15, 0.2) is 5.11 Å². The fourth-order valence-electron chi connectivity index (χ4n) is 3.51. The van der Waals surface area contributed by atoms with Gasteiger partial charge in [0.1, 0.15) is 0 Å². The molecule has 1 unspecified atom stereocenters. The lowest BCUT2D eigenvalue weighted by Gasteiger charge is -2.35. The van der Waals surface area contributed by atoms with Crippen LogP contribution in [0.4, 0.5) is 29.3 Å². The lowest BCUT2D eigenvalue weighted by Crippen LogP contribution is -2.46. The van der Waals surface area contributed by atoms with Gasteiger partial charge in [-0.3, -0.25) is 0 Å². The third-order valence-electron chi connectivity index (χ3n) is 5.30. The van der Waals surface area contributed by atoms with Gasteiger partial charge < -0.3 is 25.6 Å². The Balaban J connectivity index is 1.79. The van der Waals surface area contributed by atoms with Gasteiger partial charge in [-0.2, -0.15) is 13.2 Å². The standard InChI is InChI=1S/C24H25F3N4O3S/c1-13(2)34-21(32)19-14(3)31(4)23(35)30-20(19)15-9-11-16(12-10-15)28-22(33)29-18-8-6-5-7-17(18)24(25,26)27/h5-13,20H,1-4H3,(H,30,35)(H2,28,29,33). The van der Waals surface area contributed by atoms with Crippen molar-refractivity contribution in [2.24, 2.45) is 0 Å². The topological polar surface area (TPSA) is 82.7 Å². The number of nitrogens with zero attached hydrogens (tertiary/aromatic N) is 1. The van der Waals surface area contributed by atoms with Crippen molar-refractivity contribution in [1.29, 1.82) is 0 Å². The van der Waals surface area contributed by atoms with Crippen molar-refractivity contribution in [3.8, 4) is 0 Å². The Morgan fingerprint density at radius 3 is 2.31 bits per heavy atom. The minimum atomic E-state index is -4.60. The van der Waals surface area contributed by atoms with Crippen molar-refractivity contribution >= 4 is 40.7 Å². The predicted molar refractivity (Wildman–Crippen MR) is 131 cm³/mol. The van der Waals surface area contributed by atoms with Gasteiger partial charge in [0.25, 0.3) is 0 Å². The smallest absolute Gasteiger partial charge is 0.418 e. The van der Waals surface area contributed by atoms with E-state index in [1.54, 1.807) is 57.0 Å². The van der Waals surface area contributed by atoms with E-state index in [9.17, 15) is 22.8 Å². The van der Waals surface area contributed by atoms with Gasteiger partial charge in [-0.15, -0.1) is 0 Å². The van der Waals surface area contributed by atoms with Crippen molar-refractivity contribution in [1.82, 2.24) is 10.2 Å². The highest BCUT2D eigenvalue weighted by molar-refractivity contribution is 7.80. The SMILES string of the molecule is CC1=C(C(=O)OC(C)C)C(c2ccc(NC(=O)Nc3ccccc3C(F)(F)F)cc2)NC(=S)N1C. The molecule has 0 bridgehead atoms. The maximum atomic E-state index is 13.2. The number of ether oxygens (including phenoxy) is 1. The van der Waals surface area contributed by atoms with Crippen molar-refractivity contribution in [2.45, 2.75) is 39.1 Å². The Morgan fingerprint density at radius 2 is 1.71 bits per heavy atom. The molecule has 2 amide bonds. The van der Waals surface area contributed by atoms with Gasteiger partial charge in [0.05, 0.1) is 29.0 Å². The molecule has 0 fully saturated rings. The fraction of sp³-hybridized carbons (Fsp3) is 0.292. The molecule has 186 valence electrons. The van der Waals surface area contributed by atoms with Crippen LogP contribution in [0.1, 0.15) is 37.9 Å². The molecular formula is C24H25F3N4O3S. The number of urea groups is 1. The number of benzene rings is 2. The molecule has 2 aromatic rings. The van der Waals surface area contributed by atoms with E-state index in [0.29, 0.717) is 27.6 Å². The second-order valence-corrected chi connectivity index (χ2v) is 8.53. The van der Waals surface area contributed by atoms with Crippen molar-refractivity contribution < 1.29 is 27.5 Å². The Bertz CT molecular complexity index is 1160. The first kappa shape index (κ1) is 26.0. The molecule has 0 aromatic heterocycles. The summed E-state index contributed by atoms with van der Waals surface area (Å²) >= 11 is 5.37. The van der Waals surface area contributed by atoms with Gasteiger partial charge in [-0.1, -0.05) is 24.3 Å². The molecule has 0 spiro atoms. The normalized spacial score (nSPS) is 16.2. The van der Waals surface area contributed by atoms with E-state index >= 15 is 0 Å². The summed E-state index contributed by atoms with van der Waals surface area (Å²) in [5, 5.41) is 8.29. The average Bonchev–Trinajstić information content (AvgIpc) is 2.76. The fourth-order valence-corrected chi connectivity index (χ4v) is 3.77. The second kappa shape index (κ2) is 10.3. The lowest BCUT2D eigenvalue weighted by molar-refractivity contribution is -0.143. The van der Waals surface area contributed by atoms with Crippen LogP contribution in [0.3, 0.4) is 0 Å². The summed E-state index contributed by atoms with van der Waals surface area (Å²) in [4.78, 5) is 26.8. The number of halogens is 3. The molecule has 1 heterocycles. The van der Waals surface area contributed by atoms with Crippen LogP contribution >= 0.6 is 12.2 Å². The maximum absolute atomic E-state index is 13.2. The van der Waals surface area contributed by atoms with Crippen LogP contribution in [0.5, 0.6) is 0 Å². The number of rotatable bonds is 5. The molecule has 0 radical (unpaired) electrons. The zero-order valence-corrected chi connectivity index (χ0v) is 20.3. The number of carbonyl (C=O) groups is 2. The molecule has 0 saturated carbocycles. The molecule has 1 atom stereocenters. The summed E-state index contributed by atoms with van der Waals surface area (Å²) in [5.41, 5.74) is 0.776. The number of para-hydroxylation sites is 1. The summed E-state index contributed by atoms with van der Waals surface area (Å²) in [7, 11) is 1.74. The first-order chi connectivity index (χ1) is 16.4. The number of allylic oxidation sites excluding steroid dienone is 1. The van der Waals surface area contributed by atoms with Gasteiger partial charge in [-0.25, -0.2) is 9.59 Å². The number of hydrogen-bond acceptors (Lipinski definition) is 4. The molecule has 2 aromatic carbocycles. The third-order valence-corrected chi connectivity index (χ3v) is 5.69. The number of anilines is 2. The van der Waals surface area contributed by atoms with Crippen LogP contribution in [-0.2, 0) is 15.7 Å². The molecule has 11 heteroatoms. The Labute approximate surface area is 206 Å². The van der Waals surface area contributed by atoms with Crippen LogP contribution in [0, 0.1) is 0 Å². The third kappa shape index (κ3) is 6.10. The summed E-state index contributed by atoms with van der Waals surface area (Å²) in [6.45, 7) is 5.29. The number of amides is 2. The van der Waals surface area contributed by atoms with Gasteiger partial charge in [0, 0.05) is 18.4 Å². The van der Waals surface area contributed by atoms with Crippen molar-refractivity contribution in [3.05, 3.63) is 70.9 Å². The molecule has 1 aliphatic heterocycles. The zero-order valence-electron chi connectivity index (χ0n) is 19.5. The number of thiocarbonyl (C=S) groups is 1. The average molecular weight is 507 g/mol. The first-order valence-electron chi connectivity index (χ1n) is 10.7. The van der Waals surface area contributed by atoms with Gasteiger partial charge >= 0.3 is 18.2 Å². The molecule has 0 aliphatic carbocycles. The number of alkyl halides is 3. The van der Waals surface area contributed by atoms with E-state index in [4.69, 9.17) is 17.0 Å². The quantitative estimate of drug-likeness (QED) is 0.370. The van der Waals surface area contributed by atoms with Crippen LogP contribution < -0.4 is 16.0 Å². The predicted octanol–water partition coefficient (Wildman–Crippen LogP) is 5.44. The van der Waals surface area contributed by atoms with E-state index in [0.717, 1.165) is 6.07 Å². The molecular weight excluding hydrogens is 481 g/mol. The maximum Gasteiger partial charge on any atom is 0.418 e. The van der Waals surface area contributed by atoms with Gasteiger partial charge in [-0.05, 0) is 62.8 Å². The van der Waals surface area contributed by atoms with Crippen LogP contribution in [-0.4, -0.2) is 35.2 Å². The minimum Gasteiger partial charge on any atom is -0.459 e. The molecule has 7 nitrogen and oxygen atoms in total. The Kier molecular flexibility index (Phi) is 7.69. The minimum absolute atomic E-state index is 0.310. The van der Waals surface area contributed by atoms with Crippen LogP contribution in [0.15, 0.2) is 59.8 Å². The van der Waals surface area contributed by atoms with Crippen LogP contribution in [0.25, 0.3) is 0 Å². The Morgan fingerprint density at radius 1 is 1.09 bits per heavy atom. The van der Waals surface area contributed by atoms with Gasteiger partial charge in [0.2, 0.25) is 0 Å². The monoisotopic (exact) mass is 506 g/mol. The summed E-state index contributed by atoms with van der Waals surface area (Å²) in [6.07, 6.45) is -4.91. The molecule has 3 rings (SSSR count). The van der Waals surface area contributed by atoms with Crippen molar-refractivity contribution in [3.63, 3.8) is 0 Å². The number of esters is 1. The lowest BCUT2D eigenvalue weighted by atomic mass is 9.95. The Hall–Kier alpha value is -3.60. The largest absolute Gasteiger partial charge is 0.459 e.